The lowest BCUT2D eigenvalue weighted by molar-refractivity contribution is 0.0696. The molecule has 7 heteroatoms. The lowest BCUT2D eigenvalue weighted by atomic mass is 10.1. The quantitative estimate of drug-likeness (QED) is 0.898. The Kier molecular flexibility index (Phi) is 4.84. The maximum Gasteiger partial charge on any atom is 0.335 e. The van der Waals surface area contributed by atoms with E-state index in [1.165, 1.54) is 35.6 Å². The molecule has 1 N–H and O–H groups in total. The Hall–Kier alpha value is -2.54. The lowest BCUT2D eigenvalue weighted by Crippen LogP contribution is -2.27. The molecule has 0 aromatic heterocycles. The number of carboxylic acid groups (broad SMARTS) is 1. The van der Waals surface area contributed by atoms with Crippen LogP contribution < -0.4 is 9.21 Å². The van der Waals surface area contributed by atoms with Crippen molar-refractivity contribution in [1.29, 1.82) is 0 Å². The van der Waals surface area contributed by atoms with Crippen LogP contribution in [0, 0.1) is 6.92 Å². The molecule has 0 aliphatic carbocycles. The smallest absolute Gasteiger partial charge is 0.335 e. The van der Waals surface area contributed by atoms with Crippen molar-refractivity contribution in [2.75, 3.05) is 30.3 Å². The van der Waals surface area contributed by atoms with E-state index < -0.39 is 16.0 Å². The van der Waals surface area contributed by atoms with Gasteiger partial charge < -0.3 is 10.0 Å². The van der Waals surface area contributed by atoms with E-state index in [1.807, 2.05) is 32.0 Å². The summed E-state index contributed by atoms with van der Waals surface area (Å²) in [5, 5.41) is 8.91. The summed E-state index contributed by atoms with van der Waals surface area (Å²) in [5.74, 6) is -1.10. The molecule has 2 aromatic rings. The van der Waals surface area contributed by atoms with Gasteiger partial charge in [-0.05, 0) is 48.9 Å². The van der Waals surface area contributed by atoms with E-state index in [2.05, 4.69) is 0 Å². The third kappa shape index (κ3) is 3.35. The van der Waals surface area contributed by atoms with Crippen LogP contribution in [0.15, 0.2) is 47.4 Å². The Morgan fingerprint density at radius 1 is 1.00 bits per heavy atom. The number of nitrogens with zero attached hydrogens (tertiary/aromatic N) is 2. The Labute approximate surface area is 142 Å². The first-order chi connectivity index (χ1) is 11.1. The molecule has 0 spiro atoms. The van der Waals surface area contributed by atoms with Gasteiger partial charge in [0.25, 0.3) is 10.0 Å². The first kappa shape index (κ1) is 17.8. The van der Waals surface area contributed by atoms with Crippen molar-refractivity contribution in [3.05, 3.63) is 53.6 Å². The van der Waals surface area contributed by atoms with E-state index in [0.717, 1.165) is 11.3 Å². The van der Waals surface area contributed by atoms with Crippen LogP contribution in [0.1, 0.15) is 15.9 Å². The van der Waals surface area contributed by atoms with E-state index in [9.17, 15) is 13.2 Å². The van der Waals surface area contributed by atoms with Crippen molar-refractivity contribution in [2.45, 2.75) is 11.8 Å². The number of aromatic carboxylic acids is 1. The average Bonchev–Trinajstić information content (AvgIpc) is 2.54. The molecule has 0 saturated carbocycles. The fraction of sp³-hybridized carbons (Fsp3) is 0.235. The summed E-state index contributed by atoms with van der Waals surface area (Å²) in [6.45, 7) is 1.96. The van der Waals surface area contributed by atoms with Gasteiger partial charge in [0, 0.05) is 26.8 Å². The van der Waals surface area contributed by atoms with Crippen LogP contribution in [0.5, 0.6) is 0 Å². The van der Waals surface area contributed by atoms with Crippen molar-refractivity contribution >= 4 is 27.4 Å². The highest BCUT2D eigenvalue weighted by molar-refractivity contribution is 7.92. The van der Waals surface area contributed by atoms with E-state index >= 15 is 0 Å². The second kappa shape index (κ2) is 6.52. The van der Waals surface area contributed by atoms with Gasteiger partial charge in [0.1, 0.15) is 0 Å². The minimum atomic E-state index is -3.77. The first-order valence-electron chi connectivity index (χ1n) is 7.25. The highest BCUT2D eigenvalue weighted by Gasteiger charge is 2.22. The van der Waals surface area contributed by atoms with Crippen LogP contribution in [0.25, 0.3) is 0 Å². The molecule has 0 amide bonds. The summed E-state index contributed by atoms with van der Waals surface area (Å²) in [4.78, 5) is 12.8. The molecule has 2 aromatic carbocycles. The lowest BCUT2D eigenvalue weighted by Gasteiger charge is -2.23. The van der Waals surface area contributed by atoms with Crippen LogP contribution in [0.3, 0.4) is 0 Å². The minimum absolute atomic E-state index is 0.0434. The van der Waals surface area contributed by atoms with Crippen LogP contribution >= 0.6 is 0 Å². The standard InChI is InChI=1S/C17H20N2O4S/c1-12-5-8-14(11-16(12)18(2)3)19(4)24(22,23)15-9-6-13(7-10-15)17(20)21/h5-11H,1-4H3,(H,20,21). The van der Waals surface area contributed by atoms with Gasteiger partial charge in [-0.3, -0.25) is 4.31 Å². The van der Waals surface area contributed by atoms with Gasteiger partial charge in [-0.15, -0.1) is 0 Å². The van der Waals surface area contributed by atoms with Gasteiger partial charge in [-0.2, -0.15) is 0 Å². The molecule has 0 saturated heterocycles. The summed E-state index contributed by atoms with van der Waals surface area (Å²) in [6.07, 6.45) is 0. The predicted molar refractivity (Wildman–Crippen MR) is 94.5 cm³/mol. The highest BCUT2D eigenvalue weighted by Crippen LogP contribution is 2.28. The molecular weight excluding hydrogens is 328 g/mol. The molecule has 0 atom stereocenters. The van der Waals surface area contributed by atoms with Crippen molar-refractivity contribution in [3.63, 3.8) is 0 Å². The van der Waals surface area contributed by atoms with Crippen LogP contribution in [-0.4, -0.2) is 40.6 Å². The number of aryl methyl sites for hydroxylation is 1. The van der Waals surface area contributed by atoms with Crippen molar-refractivity contribution < 1.29 is 18.3 Å². The van der Waals surface area contributed by atoms with E-state index in [4.69, 9.17) is 5.11 Å². The number of carboxylic acids is 1. The van der Waals surface area contributed by atoms with Gasteiger partial charge >= 0.3 is 5.97 Å². The number of hydrogen-bond donors (Lipinski definition) is 1. The summed E-state index contributed by atoms with van der Waals surface area (Å²) in [7, 11) is 1.50. The minimum Gasteiger partial charge on any atom is -0.478 e. The summed E-state index contributed by atoms with van der Waals surface area (Å²) < 4.78 is 26.7. The molecule has 24 heavy (non-hydrogen) atoms. The van der Waals surface area contributed by atoms with Crippen molar-refractivity contribution in [2.24, 2.45) is 0 Å². The number of anilines is 2. The molecular formula is C17H20N2O4S. The fourth-order valence-corrected chi connectivity index (χ4v) is 3.53. The monoisotopic (exact) mass is 348 g/mol. The molecule has 2 rings (SSSR count). The molecule has 0 aliphatic heterocycles. The summed E-state index contributed by atoms with van der Waals surface area (Å²) in [6, 6.07) is 10.6. The van der Waals surface area contributed by atoms with Crippen LogP contribution in [0.4, 0.5) is 11.4 Å². The fourth-order valence-electron chi connectivity index (χ4n) is 2.34. The maximum absolute atomic E-state index is 12.7. The SMILES string of the molecule is Cc1ccc(N(C)S(=O)(=O)c2ccc(C(=O)O)cc2)cc1N(C)C. The molecule has 0 bridgehead atoms. The maximum atomic E-state index is 12.7. The second-order valence-corrected chi connectivity index (χ2v) is 7.64. The zero-order valence-electron chi connectivity index (χ0n) is 14.0. The topological polar surface area (TPSA) is 77.9 Å². The number of benzene rings is 2. The Morgan fingerprint density at radius 3 is 2.08 bits per heavy atom. The van der Waals surface area contributed by atoms with Crippen LogP contribution in [0.2, 0.25) is 0 Å². The van der Waals surface area contributed by atoms with E-state index in [0.29, 0.717) is 5.69 Å². The second-order valence-electron chi connectivity index (χ2n) is 5.67. The first-order valence-corrected chi connectivity index (χ1v) is 8.69. The van der Waals surface area contributed by atoms with Crippen LogP contribution in [-0.2, 0) is 10.0 Å². The molecule has 128 valence electrons. The number of hydrogen-bond acceptors (Lipinski definition) is 4. The molecule has 0 radical (unpaired) electrons. The van der Waals surface area contributed by atoms with Crippen molar-refractivity contribution in [1.82, 2.24) is 0 Å². The Balaban J connectivity index is 2.42. The van der Waals surface area contributed by atoms with Crippen molar-refractivity contribution in [3.8, 4) is 0 Å². The molecule has 0 unspecified atom stereocenters. The van der Waals surface area contributed by atoms with Gasteiger partial charge in [0.2, 0.25) is 0 Å². The van der Waals surface area contributed by atoms with Gasteiger partial charge in [-0.25, -0.2) is 13.2 Å². The Bertz CT molecular complexity index is 859. The number of rotatable bonds is 5. The van der Waals surface area contributed by atoms with E-state index in [-0.39, 0.29) is 10.5 Å². The molecule has 6 nitrogen and oxygen atoms in total. The highest BCUT2D eigenvalue weighted by atomic mass is 32.2. The summed E-state index contributed by atoms with van der Waals surface area (Å²) in [5.41, 5.74) is 2.55. The summed E-state index contributed by atoms with van der Waals surface area (Å²) >= 11 is 0. The third-order valence-corrected chi connectivity index (χ3v) is 5.60. The Morgan fingerprint density at radius 2 is 1.58 bits per heavy atom. The van der Waals surface area contributed by atoms with Gasteiger partial charge in [-0.1, -0.05) is 6.07 Å². The predicted octanol–water partition coefficient (Wildman–Crippen LogP) is 2.58. The largest absolute Gasteiger partial charge is 0.478 e. The molecule has 0 heterocycles. The number of carbonyl (C=O) groups is 1. The zero-order valence-corrected chi connectivity index (χ0v) is 14.8. The average molecular weight is 348 g/mol. The van der Waals surface area contributed by atoms with Gasteiger partial charge in [0.05, 0.1) is 16.1 Å². The zero-order chi connectivity index (χ0) is 18.1. The van der Waals surface area contributed by atoms with Gasteiger partial charge in [0.15, 0.2) is 0 Å². The normalized spacial score (nSPS) is 11.2. The third-order valence-electron chi connectivity index (χ3n) is 3.80. The molecule has 0 aliphatic rings. The number of sulfonamides is 1. The van der Waals surface area contributed by atoms with E-state index in [1.54, 1.807) is 12.1 Å². The molecule has 0 fully saturated rings.